The highest BCUT2D eigenvalue weighted by Gasteiger charge is 2.35. The topological polar surface area (TPSA) is 18.5 Å². The van der Waals surface area contributed by atoms with Crippen molar-refractivity contribution in [3.63, 3.8) is 0 Å². The monoisotopic (exact) mass is 458 g/mol. The van der Waals surface area contributed by atoms with Gasteiger partial charge >= 0.3 is 6.11 Å². The van der Waals surface area contributed by atoms with Gasteiger partial charge in [-0.1, -0.05) is 49.7 Å². The van der Waals surface area contributed by atoms with Crippen molar-refractivity contribution in [1.82, 2.24) is 0 Å². The van der Waals surface area contributed by atoms with Gasteiger partial charge < -0.3 is 9.47 Å². The van der Waals surface area contributed by atoms with E-state index in [-0.39, 0.29) is 11.7 Å². The molecule has 3 aromatic rings. The summed E-state index contributed by atoms with van der Waals surface area (Å²) in [4.78, 5) is 0. The molecule has 4 rings (SSSR count). The molecule has 174 valence electrons. The maximum absolute atomic E-state index is 14.6. The van der Waals surface area contributed by atoms with Gasteiger partial charge in [0, 0.05) is 17.7 Å². The van der Waals surface area contributed by atoms with E-state index in [2.05, 4.69) is 11.7 Å². The molecule has 1 heterocycles. The molecule has 0 aliphatic carbocycles. The van der Waals surface area contributed by atoms with E-state index in [1.807, 2.05) is 24.3 Å². The molecule has 0 saturated carbocycles. The number of rotatable bonds is 7. The van der Waals surface area contributed by atoms with E-state index in [1.54, 1.807) is 12.1 Å². The summed E-state index contributed by atoms with van der Waals surface area (Å²) in [6.07, 6.45) is 0.931. The third-order valence-corrected chi connectivity index (χ3v) is 6.06. The Morgan fingerprint density at radius 1 is 0.909 bits per heavy atom. The molecule has 0 amide bonds. The maximum Gasteiger partial charge on any atom is 0.426 e. The Kier molecular flexibility index (Phi) is 6.75. The smallest absolute Gasteiger partial charge is 0.426 e. The normalized spacial score (nSPS) is 18.5. The Morgan fingerprint density at radius 3 is 2.06 bits per heavy atom. The molecular weight excluding hydrogens is 432 g/mol. The lowest BCUT2D eigenvalue weighted by molar-refractivity contribution is -0.185. The van der Waals surface area contributed by atoms with Gasteiger partial charge in [-0.05, 0) is 55.0 Å². The van der Waals surface area contributed by atoms with Crippen molar-refractivity contribution in [3.8, 4) is 16.9 Å². The number of halogens is 4. The minimum atomic E-state index is -3.74. The van der Waals surface area contributed by atoms with Crippen molar-refractivity contribution in [2.75, 3.05) is 0 Å². The van der Waals surface area contributed by atoms with E-state index in [0.29, 0.717) is 6.10 Å². The molecule has 0 radical (unpaired) electrons. The highest BCUT2D eigenvalue weighted by atomic mass is 19.3. The summed E-state index contributed by atoms with van der Waals surface area (Å²) in [5.74, 6) is -2.46. The molecule has 6 heteroatoms. The van der Waals surface area contributed by atoms with Gasteiger partial charge in [-0.25, -0.2) is 8.78 Å². The third-order valence-electron chi connectivity index (χ3n) is 6.06. The van der Waals surface area contributed by atoms with Gasteiger partial charge in [0.05, 0.1) is 17.8 Å². The summed E-state index contributed by atoms with van der Waals surface area (Å²) in [7, 11) is 0. The average molecular weight is 458 g/mol. The van der Waals surface area contributed by atoms with Crippen LogP contribution in [0.5, 0.6) is 5.75 Å². The van der Waals surface area contributed by atoms with Crippen LogP contribution in [-0.2, 0) is 10.8 Å². The van der Waals surface area contributed by atoms with Gasteiger partial charge in [0.25, 0.3) is 0 Å². The molecule has 1 saturated heterocycles. The van der Waals surface area contributed by atoms with Crippen molar-refractivity contribution >= 4 is 0 Å². The second kappa shape index (κ2) is 9.56. The van der Waals surface area contributed by atoms with Crippen LogP contribution < -0.4 is 4.74 Å². The Labute approximate surface area is 191 Å². The van der Waals surface area contributed by atoms with E-state index in [1.165, 1.54) is 19.1 Å². The molecule has 0 N–H and O–H groups in total. The Bertz CT molecular complexity index is 1070. The highest BCUT2D eigenvalue weighted by Crippen LogP contribution is 2.36. The number of ether oxygens (including phenoxy) is 2. The van der Waals surface area contributed by atoms with Crippen LogP contribution in [0.25, 0.3) is 11.1 Å². The van der Waals surface area contributed by atoms with E-state index >= 15 is 0 Å². The number of benzene rings is 3. The van der Waals surface area contributed by atoms with Crippen LogP contribution in [0, 0.1) is 18.6 Å². The molecule has 3 aromatic carbocycles. The lowest BCUT2D eigenvalue weighted by atomic mass is 9.99. The molecule has 2 unspecified atom stereocenters. The van der Waals surface area contributed by atoms with Crippen LogP contribution in [-0.4, -0.2) is 6.10 Å². The van der Waals surface area contributed by atoms with Crippen molar-refractivity contribution in [2.24, 2.45) is 0 Å². The Hall–Kier alpha value is -2.86. The van der Waals surface area contributed by atoms with Gasteiger partial charge in [-0.3, -0.25) is 0 Å². The fourth-order valence-corrected chi connectivity index (χ4v) is 4.12. The standard InChI is InChI=1S/C27H26F4O2/c1-3-4-22-13-14-26(32-22)20-7-5-18(6-8-20)19-9-11-21(12-10-19)27(30,31)33-23-15-24(28)17(2)25(29)16-23/h5-12,15-16,22,26H,3-4,13-14H2,1-2H3. The van der Waals surface area contributed by atoms with Gasteiger partial charge in [0.15, 0.2) is 0 Å². The van der Waals surface area contributed by atoms with E-state index < -0.39 is 29.1 Å². The van der Waals surface area contributed by atoms with Crippen molar-refractivity contribution in [3.05, 3.63) is 89.0 Å². The summed E-state index contributed by atoms with van der Waals surface area (Å²) in [6, 6.07) is 15.1. The molecule has 2 atom stereocenters. The maximum atomic E-state index is 14.6. The largest absolute Gasteiger partial charge is 0.429 e. The second-order valence-corrected chi connectivity index (χ2v) is 8.44. The third kappa shape index (κ3) is 5.22. The lowest BCUT2D eigenvalue weighted by Crippen LogP contribution is -2.22. The van der Waals surface area contributed by atoms with E-state index in [4.69, 9.17) is 4.74 Å². The summed E-state index contributed by atoms with van der Waals surface area (Å²) in [5.41, 5.74) is 2.11. The van der Waals surface area contributed by atoms with Gasteiger partial charge in [0.1, 0.15) is 17.4 Å². The Balaban J connectivity index is 1.45. The van der Waals surface area contributed by atoms with Crippen molar-refractivity contribution < 1.29 is 27.0 Å². The van der Waals surface area contributed by atoms with Crippen molar-refractivity contribution in [2.45, 2.75) is 57.8 Å². The second-order valence-electron chi connectivity index (χ2n) is 8.44. The van der Waals surface area contributed by atoms with Gasteiger partial charge in [-0.2, -0.15) is 8.78 Å². The highest BCUT2D eigenvalue weighted by molar-refractivity contribution is 5.64. The predicted octanol–water partition coefficient (Wildman–Crippen LogP) is 8.09. The average Bonchev–Trinajstić information content (AvgIpc) is 3.26. The molecule has 2 nitrogen and oxygen atoms in total. The van der Waals surface area contributed by atoms with Gasteiger partial charge in [-0.15, -0.1) is 0 Å². The lowest BCUT2D eigenvalue weighted by Gasteiger charge is -2.19. The summed E-state index contributed by atoms with van der Waals surface area (Å²) >= 11 is 0. The molecule has 0 spiro atoms. The molecular formula is C27H26F4O2. The first-order chi connectivity index (χ1) is 15.8. The molecule has 0 bridgehead atoms. The van der Waals surface area contributed by atoms with E-state index in [9.17, 15) is 17.6 Å². The SMILES string of the molecule is CCCC1CCC(c2ccc(-c3ccc(C(F)(F)Oc4cc(F)c(C)c(F)c4)cc3)cc2)O1. The van der Waals surface area contributed by atoms with Crippen LogP contribution in [0.15, 0.2) is 60.7 Å². The van der Waals surface area contributed by atoms with Crippen LogP contribution in [0.4, 0.5) is 17.6 Å². The van der Waals surface area contributed by atoms with Crippen LogP contribution in [0.1, 0.15) is 55.4 Å². The fourth-order valence-electron chi connectivity index (χ4n) is 4.12. The molecule has 1 aliphatic rings. The molecule has 1 fully saturated rings. The number of alkyl halides is 2. The minimum absolute atomic E-state index is 0.102. The first kappa shape index (κ1) is 23.3. The molecule has 0 aromatic heterocycles. The number of hydrogen-bond donors (Lipinski definition) is 0. The fraction of sp³-hybridized carbons (Fsp3) is 0.333. The predicted molar refractivity (Wildman–Crippen MR) is 119 cm³/mol. The van der Waals surface area contributed by atoms with E-state index in [0.717, 1.165) is 54.5 Å². The minimum Gasteiger partial charge on any atom is -0.429 e. The van der Waals surface area contributed by atoms with Crippen LogP contribution >= 0.6 is 0 Å². The summed E-state index contributed by atoms with van der Waals surface area (Å²) < 4.78 is 67.2. The zero-order valence-corrected chi connectivity index (χ0v) is 18.6. The van der Waals surface area contributed by atoms with Gasteiger partial charge in [0.2, 0.25) is 0 Å². The van der Waals surface area contributed by atoms with Crippen LogP contribution in [0.2, 0.25) is 0 Å². The quantitative estimate of drug-likeness (QED) is 0.333. The molecule has 1 aliphatic heterocycles. The first-order valence-corrected chi connectivity index (χ1v) is 11.2. The molecule has 33 heavy (non-hydrogen) atoms. The van der Waals surface area contributed by atoms with Crippen LogP contribution in [0.3, 0.4) is 0 Å². The summed E-state index contributed by atoms with van der Waals surface area (Å²) in [5, 5.41) is 0. The zero-order chi connectivity index (χ0) is 23.6. The first-order valence-electron chi connectivity index (χ1n) is 11.2. The number of hydrogen-bond acceptors (Lipinski definition) is 2. The van der Waals surface area contributed by atoms with Crippen molar-refractivity contribution in [1.29, 1.82) is 0 Å². The Morgan fingerprint density at radius 2 is 1.48 bits per heavy atom. The zero-order valence-electron chi connectivity index (χ0n) is 18.6. The summed E-state index contributed by atoms with van der Waals surface area (Å²) in [6.45, 7) is 3.38.